The third-order valence-corrected chi connectivity index (χ3v) is 6.86. The molecular weight excluding hydrogens is 368 g/mol. The number of ether oxygens (including phenoxy) is 1. The van der Waals surface area contributed by atoms with Crippen LogP contribution in [0.2, 0.25) is 5.02 Å². The Morgan fingerprint density at radius 3 is 2.79 bits per heavy atom. The summed E-state index contributed by atoms with van der Waals surface area (Å²) in [6.45, 7) is 5.66. The van der Waals surface area contributed by atoms with Crippen molar-refractivity contribution in [3.8, 4) is 16.9 Å². The molecule has 4 heteroatoms. The zero-order valence-corrected chi connectivity index (χ0v) is 17.0. The van der Waals surface area contributed by atoms with E-state index in [4.69, 9.17) is 16.3 Å². The molecule has 0 unspecified atom stereocenters. The average Bonchev–Trinajstić information content (AvgIpc) is 2.75. The van der Waals surface area contributed by atoms with Gasteiger partial charge in [-0.25, -0.2) is 0 Å². The zero-order valence-electron chi connectivity index (χ0n) is 16.2. The van der Waals surface area contributed by atoms with Gasteiger partial charge in [0.2, 0.25) is 0 Å². The van der Waals surface area contributed by atoms with Crippen molar-refractivity contribution < 1.29 is 4.74 Å². The average molecular weight is 393 g/mol. The number of hydrogen-bond acceptors (Lipinski definition) is 3. The number of aromatic nitrogens is 1. The molecule has 0 radical (unpaired) electrons. The van der Waals surface area contributed by atoms with Crippen molar-refractivity contribution in [1.29, 1.82) is 0 Å². The highest BCUT2D eigenvalue weighted by atomic mass is 35.5. The summed E-state index contributed by atoms with van der Waals surface area (Å²) in [6.07, 6.45) is 6.23. The summed E-state index contributed by atoms with van der Waals surface area (Å²) in [5.74, 6) is 1.05. The van der Waals surface area contributed by atoms with Crippen molar-refractivity contribution >= 4 is 22.5 Å². The molecule has 0 N–H and O–H groups in total. The van der Waals surface area contributed by atoms with Crippen LogP contribution in [0.15, 0.2) is 48.7 Å². The number of aryl methyl sites for hydroxylation is 1. The number of halogens is 1. The molecule has 3 aromatic rings. The van der Waals surface area contributed by atoms with Crippen molar-refractivity contribution in [2.45, 2.75) is 38.2 Å². The minimum atomic E-state index is 0.0324. The van der Waals surface area contributed by atoms with Crippen LogP contribution >= 0.6 is 11.6 Å². The summed E-state index contributed by atoms with van der Waals surface area (Å²) < 4.78 is 6.57. The van der Waals surface area contributed by atoms with E-state index in [-0.39, 0.29) is 5.60 Å². The first-order valence-electron chi connectivity index (χ1n) is 10.3. The van der Waals surface area contributed by atoms with Crippen LogP contribution in [-0.4, -0.2) is 35.1 Å². The maximum atomic E-state index is 6.70. The van der Waals surface area contributed by atoms with Crippen LogP contribution in [0.3, 0.4) is 0 Å². The molecule has 2 aliphatic heterocycles. The van der Waals surface area contributed by atoms with E-state index in [1.807, 2.05) is 12.1 Å². The number of nitrogens with zero attached hydrogens (tertiary/aromatic N) is 2. The molecule has 3 nitrogen and oxygen atoms in total. The van der Waals surface area contributed by atoms with Crippen molar-refractivity contribution in [1.82, 2.24) is 9.88 Å². The Morgan fingerprint density at radius 2 is 1.96 bits per heavy atom. The highest BCUT2D eigenvalue weighted by Crippen LogP contribution is 2.42. The van der Waals surface area contributed by atoms with Crippen LogP contribution in [0.25, 0.3) is 22.0 Å². The predicted octanol–water partition coefficient (Wildman–Crippen LogP) is 5.73. The molecule has 0 saturated carbocycles. The summed E-state index contributed by atoms with van der Waals surface area (Å²) in [6, 6.07) is 14.7. The highest BCUT2D eigenvalue weighted by Gasteiger charge is 2.39. The minimum absolute atomic E-state index is 0.0324. The van der Waals surface area contributed by atoms with E-state index in [1.165, 1.54) is 5.56 Å². The van der Waals surface area contributed by atoms with Gasteiger partial charge < -0.3 is 9.64 Å². The van der Waals surface area contributed by atoms with Gasteiger partial charge in [-0.15, -0.1) is 0 Å². The van der Waals surface area contributed by atoms with Gasteiger partial charge in [0.05, 0.1) is 10.5 Å². The van der Waals surface area contributed by atoms with E-state index in [0.29, 0.717) is 0 Å². The number of piperidine rings is 1. The zero-order chi connectivity index (χ0) is 19.1. The quantitative estimate of drug-likeness (QED) is 0.556. The molecule has 3 heterocycles. The van der Waals surface area contributed by atoms with E-state index in [2.05, 4.69) is 47.1 Å². The normalized spacial score (nSPS) is 18.8. The number of fused-ring (bicyclic) bond motifs is 2. The predicted molar refractivity (Wildman–Crippen MR) is 115 cm³/mol. The smallest absolute Gasteiger partial charge is 0.123 e. The molecule has 5 rings (SSSR count). The molecule has 2 aliphatic rings. The summed E-state index contributed by atoms with van der Waals surface area (Å²) >= 11 is 6.70. The van der Waals surface area contributed by atoms with Gasteiger partial charge in [0.1, 0.15) is 11.4 Å². The first kappa shape index (κ1) is 18.0. The van der Waals surface area contributed by atoms with Crippen LogP contribution < -0.4 is 4.74 Å². The Labute approximate surface area is 171 Å². The standard InChI is InChI=1S/C24H25ClN2O/c1-2-27-14-11-24(12-15-27)10-9-19-16-18(6-8-21(19)28-24)20-7-5-17-4-3-13-26-23(17)22(20)25/h3-8,13,16H,2,9-12,14-15H2,1H3. The third-order valence-electron chi connectivity index (χ3n) is 6.48. The van der Waals surface area contributed by atoms with Gasteiger partial charge in [0.25, 0.3) is 0 Å². The van der Waals surface area contributed by atoms with E-state index in [9.17, 15) is 0 Å². The fourth-order valence-corrected chi connectivity index (χ4v) is 4.98. The summed E-state index contributed by atoms with van der Waals surface area (Å²) in [4.78, 5) is 6.98. The molecule has 2 aromatic carbocycles. The SMILES string of the molecule is CCN1CCC2(CCc3cc(-c4ccc5cccnc5c4Cl)ccc3O2)CC1. The van der Waals surface area contributed by atoms with Gasteiger partial charge in [-0.05, 0) is 61.6 Å². The van der Waals surface area contributed by atoms with E-state index < -0.39 is 0 Å². The van der Waals surface area contributed by atoms with Crippen molar-refractivity contribution in [3.63, 3.8) is 0 Å². The molecule has 1 saturated heterocycles. The highest BCUT2D eigenvalue weighted by molar-refractivity contribution is 6.37. The molecule has 28 heavy (non-hydrogen) atoms. The number of benzene rings is 2. The van der Waals surface area contributed by atoms with E-state index in [0.717, 1.165) is 78.1 Å². The number of hydrogen-bond donors (Lipinski definition) is 0. The lowest BCUT2D eigenvalue weighted by Crippen LogP contribution is -2.49. The second-order valence-electron chi connectivity index (χ2n) is 8.04. The van der Waals surface area contributed by atoms with Crippen molar-refractivity contribution in [2.24, 2.45) is 0 Å². The maximum Gasteiger partial charge on any atom is 0.123 e. The van der Waals surface area contributed by atoms with Gasteiger partial charge in [-0.1, -0.05) is 42.8 Å². The van der Waals surface area contributed by atoms with Gasteiger partial charge in [0, 0.05) is 30.2 Å². The van der Waals surface area contributed by atoms with Crippen LogP contribution in [0.4, 0.5) is 0 Å². The fourth-order valence-electron chi connectivity index (χ4n) is 4.65. The second-order valence-corrected chi connectivity index (χ2v) is 8.42. The molecule has 144 valence electrons. The lowest BCUT2D eigenvalue weighted by Gasteiger charge is -2.44. The van der Waals surface area contributed by atoms with Gasteiger partial charge in [-0.3, -0.25) is 4.98 Å². The Bertz CT molecular complexity index is 1020. The topological polar surface area (TPSA) is 25.4 Å². The Kier molecular flexibility index (Phi) is 4.53. The fraction of sp³-hybridized carbons (Fsp3) is 0.375. The number of pyridine rings is 1. The Morgan fingerprint density at radius 1 is 1.11 bits per heavy atom. The van der Waals surface area contributed by atoms with Crippen molar-refractivity contribution in [2.75, 3.05) is 19.6 Å². The third kappa shape index (κ3) is 3.07. The second kappa shape index (κ2) is 7.06. The first-order valence-corrected chi connectivity index (χ1v) is 10.6. The van der Waals surface area contributed by atoms with Gasteiger partial charge in [0.15, 0.2) is 0 Å². The molecular formula is C24H25ClN2O. The molecule has 1 fully saturated rings. The Balaban J connectivity index is 1.45. The van der Waals surface area contributed by atoms with E-state index in [1.54, 1.807) is 6.20 Å². The van der Waals surface area contributed by atoms with Gasteiger partial charge in [-0.2, -0.15) is 0 Å². The van der Waals surface area contributed by atoms with Gasteiger partial charge >= 0.3 is 0 Å². The monoisotopic (exact) mass is 392 g/mol. The summed E-state index contributed by atoms with van der Waals surface area (Å²) in [5.41, 5.74) is 4.35. The lowest BCUT2D eigenvalue weighted by molar-refractivity contribution is -0.0132. The van der Waals surface area contributed by atoms with Crippen LogP contribution in [-0.2, 0) is 6.42 Å². The molecule has 0 atom stereocenters. The summed E-state index contributed by atoms with van der Waals surface area (Å²) in [5, 5.41) is 1.79. The van der Waals surface area contributed by atoms with Crippen molar-refractivity contribution in [3.05, 3.63) is 59.2 Å². The first-order chi connectivity index (χ1) is 13.7. The molecule has 0 aliphatic carbocycles. The largest absolute Gasteiger partial charge is 0.487 e. The minimum Gasteiger partial charge on any atom is -0.487 e. The molecule has 1 spiro atoms. The maximum absolute atomic E-state index is 6.70. The van der Waals surface area contributed by atoms with Crippen LogP contribution in [0.5, 0.6) is 5.75 Å². The van der Waals surface area contributed by atoms with Crippen LogP contribution in [0, 0.1) is 0 Å². The summed E-state index contributed by atoms with van der Waals surface area (Å²) in [7, 11) is 0. The molecule has 0 amide bonds. The number of likely N-dealkylation sites (tertiary alicyclic amines) is 1. The molecule has 1 aromatic heterocycles. The number of rotatable bonds is 2. The lowest BCUT2D eigenvalue weighted by atomic mass is 9.82. The van der Waals surface area contributed by atoms with E-state index >= 15 is 0 Å². The molecule has 0 bridgehead atoms. The Hall–Kier alpha value is -2.10. The van der Waals surface area contributed by atoms with Crippen LogP contribution in [0.1, 0.15) is 31.7 Å².